The number of hydrogen-bond donors (Lipinski definition) is 1. The largest absolute Gasteiger partial charge is 0.489 e. The number of nitrogens with zero attached hydrogens (tertiary/aromatic N) is 4. The highest BCUT2D eigenvalue weighted by Gasteiger charge is 2.05. The van der Waals surface area contributed by atoms with E-state index in [2.05, 4.69) is 20.8 Å². The minimum atomic E-state index is 0.435. The molecule has 0 aliphatic heterocycles. The Morgan fingerprint density at radius 2 is 2.04 bits per heavy atom. The van der Waals surface area contributed by atoms with E-state index >= 15 is 0 Å². The lowest BCUT2D eigenvalue weighted by Gasteiger charge is -2.10. The number of halogens is 1. The molecule has 0 spiro atoms. The van der Waals surface area contributed by atoms with Gasteiger partial charge in [-0.3, -0.25) is 0 Å². The first-order valence-corrected chi connectivity index (χ1v) is 8.09. The average molecular weight is 344 g/mol. The number of aromatic nitrogens is 4. The topological polar surface area (TPSA) is 64.9 Å². The maximum absolute atomic E-state index is 6.15. The monoisotopic (exact) mass is 343 g/mol. The van der Waals surface area contributed by atoms with Gasteiger partial charge in [-0.05, 0) is 41.1 Å². The second kappa shape index (κ2) is 7.79. The van der Waals surface area contributed by atoms with Crippen molar-refractivity contribution in [3.8, 4) is 5.75 Å². The van der Waals surface area contributed by atoms with Gasteiger partial charge in [-0.2, -0.15) is 0 Å². The van der Waals surface area contributed by atoms with Gasteiger partial charge >= 0.3 is 0 Å². The van der Waals surface area contributed by atoms with E-state index in [1.807, 2.05) is 55.5 Å². The Bertz CT molecular complexity index is 805. The lowest BCUT2D eigenvalue weighted by molar-refractivity contribution is 0.306. The van der Waals surface area contributed by atoms with Crippen molar-refractivity contribution in [2.45, 2.75) is 26.6 Å². The van der Waals surface area contributed by atoms with Crippen LogP contribution in [0, 0.1) is 0 Å². The second-order valence-electron chi connectivity index (χ2n) is 5.20. The molecule has 6 nitrogen and oxygen atoms in total. The summed E-state index contributed by atoms with van der Waals surface area (Å²) in [5, 5.41) is 15.4. The second-order valence-corrected chi connectivity index (χ2v) is 5.61. The molecule has 0 fully saturated rings. The molecule has 1 heterocycles. The number of rotatable bonds is 7. The molecule has 24 heavy (non-hydrogen) atoms. The summed E-state index contributed by atoms with van der Waals surface area (Å²) in [6, 6.07) is 15.6. The fourth-order valence-electron chi connectivity index (χ4n) is 2.25. The van der Waals surface area contributed by atoms with Crippen molar-refractivity contribution in [3.63, 3.8) is 0 Å². The summed E-state index contributed by atoms with van der Waals surface area (Å²) in [5.41, 5.74) is 2.04. The van der Waals surface area contributed by atoms with E-state index in [-0.39, 0.29) is 0 Å². The number of tetrazole rings is 1. The number of hydrogen-bond acceptors (Lipinski definition) is 5. The molecular weight excluding hydrogens is 326 g/mol. The van der Waals surface area contributed by atoms with Gasteiger partial charge < -0.3 is 10.1 Å². The van der Waals surface area contributed by atoms with Crippen molar-refractivity contribution in [1.29, 1.82) is 0 Å². The molecule has 7 heteroatoms. The zero-order valence-corrected chi connectivity index (χ0v) is 14.1. The van der Waals surface area contributed by atoms with Crippen molar-refractivity contribution >= 4 is 17.5 Å². The van der Waals surface area contributed by atoms with Gasteiger partial charge in [-0.15, -0.1) is 0 Å². The Hall–Kier alpha value is -2.60. The number of anilines is 1. The molecule has 1 aromatic heterocycles. The molecule has 0 amide bonds. The summed E-state index contributed by atoms with van der Waals surface area (Å²) in [5.74, 6) is 1.45. The van der Waals surface area contributed by atoms with Crippen molar-refractivity contribution in [2.75, 3.05) is 5.32 Å². The molecule has 3 aromatic rings. The van der Waals surface area contributed by atoms with Crippen LogP contribution in [0.5, 0.6) is 5.75 Å². The molecule has 124 valence electrons. The Morgan fingerprint density at radius 1 is 1.17 bits per heavy atom. The lowest BCUT2D eigenvalue weighted by Crippen LogP contribution is -2.08. The van der Waals surface area contributed by atoms with Crippen molar-refractivity contribution in [1.82, 2.24) is 20.2 Å². The molecule has 1 N–H and O–H groups in total. The molecule has 0 saturated heterocycles. The van der Waals surface area contributed by atoms with Gasteiger partial charge in [0.1, 0.15) is 12.4 Å². The molecule has 3 rings (SSSR count). The van der Waals surface area contributed by atoms with Gasteiger partial charge in [0.05, 0.1) is 0 Å². The Labute approximate surface area is 145 Å². The Morgan fingerprint density at radius 3 is 2.88 bits per heavy atom. The normalized spacial score (nSPS) is 10.6. The quantitative estimate of drug-likeness (QED) is 0.710. The predicted octanol–water partition coefficient (Wildman–Crippen LogP) is 3.54. The molecule has 0 aliphatic carbocycles. The van der Waals surface area contributed by atoms with E-state index in [4.69, 9.17) is 16.3 Å². The molecule has 0 atom stereocenters. The fraction of sp³-hybridized carbons (Fsp3) is 0.235. The highest BCUT2D eigenvalue weighted by Crippen LogP contribution is 2.19. The van der Waals surface area contributed by atoms with Crippen molar-refractivity contribution in [3.05, 3.63) is 64.7 Å². The van der Waals surface area contributed by atoms with Crippen molar-refractivity contribution in [2.24, 2.45) is 0 Å². The molecular formula is C17H18ClN5O. The molecule has 0 unspecified atom stereocenters. The highest BCUT2D eigenvalue weighted by molar-refractivity contribution is 6.31. The van der Waals surface area contributed by atoms with Crippen LogP contribution < -0.4 is 10.1 Å². The molecule has 0 saturated carbocycles. The van der Waals surface area contributed by atoms with E-state index in [0.717, 1.165) is 23.4 Å². The van der Waals surface area contributed by atoms with E-state index in [1.54, 1.807) is 4.68 Å². The Balaban J connectivity index is 1.61. The van der Waals surface area contributed by atoms with Crippen LogP contribution in [0.25, 0.3) is 0 Å². The first-order valence-electron chi connectivity index (χ1n) is 7.71. The van der Waals surface area contributed by atoms with E-state index in [9.17, 15) is 0 Å². The number of aryl methyl sites for hydroxylation is 1. The van der Waals surface area contributed by atoms with Crippen LogP contribution in [0.1, 0.15) is 18.1 Å². The summed E-state index contributed by atoms with van der Waals surface area (Å²) < 4.78 is 7.54. The third-order valence-corrected chi connectivity index (χ3v) is 3.90. The van der Waals surface area contributed by atoms with Gasteiger partial charge in [0.2, 0.25) is 5.95 Å². The number of nitrogens with one attached hydrogen (secondary N) is 1. The third kappa shape index (κ3) is 4.02. The van der Waals surface area contributed by atoms with Gasteiger partial charge in [0.15, 0.2) is 0 Å². The molecule has 0 radical (unpaired) electrons. The van der Waals surface area contributed by atoms with Crippen molar-refractivity contribution < 1.29 is 4.74 Å². The van der Waals surface area contributed by atoms with Gasteiger partial charge in [0.25, 0.3) is 0 Å². The van der Waals surface area contributed by atoms with E-state index in [0.29, 0.717) is 24.1 Å². The van der Waals surface area contributed by atoms with E-state index in [1.165, 1.54) is 0 Å². The van der Waals surface area contributed by atoms with Crippen LogP contribution in [0.3, 0.4) is 0 Å². The highest BCUT2D eigenvalue weighted by atomic mass is 35.5. The summed E-state index contributed by atoms with van der Waals surface area (Å²) >= 11 is 6.15. The van der Waals surface area contributed by atoms with Crippen LogP contribution in [0.2, 0.25) is 5.02 Å². The summed E-state index contributed by atoms with van der Waals surface area (Å²) in [4.78, 5) is 0. The first-order chi connectivity index (χ1) is 11.8. The minimum absolute atomic E-state index is 0.435. The van der Waals surface area contributed by atoms with Crippen LogP contribution in [-0.2, 0) is 19.7 Å². The smallest absolute Gasteiger partial charge is 0.243 e. The van der Waals surface area contributed by atoms with E-state index < -0.39 is 0 Å². The number of ether oxygens (including phenoxy) is 1. The Kier molecular flexibility index (Phi) is 5.28. The molecule has 2 aromatic carbocycles. The summed E-state index contributed by atoms with van der Waals surface area (Å²) in [6.07, 6.45) is 0. The average Bonchev–Trinajstić information content (AvgIpc) is 3.07. The lowest BCUT2D eigenvalue weighted by atomic mass is 10.2. The minimum Gasteiger partial charge on any atom is -0.489 e. The first kappa shape index (κ1) is 16.3. The maximum atomic E-state index is 6.15. The van der Waals surface area contributed by atoms with Crippen LogP contribution >= 0.6 is 11.6 Å². The predicted molar refractivity (Wildman–Crippen MR) is 93.0 cm³/mol. The SMILES string of the molecule is CCn1nnnc1NCc1cccc(OCc2ccccc2Cl)c1. The number of benzene rings is 2. The zero-order valence-electron chi connectivity index (χ0n) is 13.3. The maximum Gasteiger partial charge on any atom is 0.243 e. The summed E-state index contributed by atoms with van der Waals surface area (Å²) in [6.45, 7) is 3.76. The standard InChI is InChI=1S/C17H18ClN5O/c1-2-23-17(20-21-22-23)19-11-13-6-5-8-15(10-13)24-12-14-7-3-4-9-16(14)18/h3-10H,2,11-12H2,1H3,(H,19,20,22). The zero-order chi connectivity index (χ0) is 16.8. The van der Waals surface area contributed by atoms with Gasteiger partial charge in [-0.25, -0.2) is 4.68 Å². The van der Waals surface area contributed by atoms with Crippen LogP contribution in [-0.4, -0.2) is 20.2 Å². The molecule has 0 bridgehead atoms. The van der Waals surface area contributed by atoms with Crippen LogP contribution in [0.4, 0.5) is 5.95 Å². The van der Waals surface area contributed by atoms with Crippen LogP contribution in [0.15, 0.2) is 48.5 Å². The summed E-state index contributed by atoms with van der Waals surface area (Å²) in [7, 11) is 0. The fourth-order valence-corrected chi connectivity index (χ4v) is 2.44. The third-order valence-electron chi connectivity index (χ3n) is 3.53. The van der Waals surface area contributed by atoms with Gasteiger partial charge in [-0.1, -0.05) is 47.0 Å². The molecule has 0 aliphatic rings. The van der Waals surface area contributed by atoms with Gasteiger partial charge in [0, 0.05) is 23.7 Å².